The Morgan fingerprint density at radius 1 is 1.17 bits per heavy atom. The minimum atomic E-state index is -4.82. The van der Waals surface area contributed by atoms with Gasteiger partial charge in [0.1, 0.15) is 25.4 Å². The summed E-state index contributed by atoms with van der Waals surface area (Å²) in [5, 5.41) is 7.45. The quantitative estimate of drug-likeness (QED) is 0.466. The van der Waals surface area contributed by atoms with E-state index in [9.17, 15) is 18.0 Å². The number of fused-ring (bicyclic) bond motifs is 4. The summed E-state index contributed by atoms with van der Waals surface area (Å²) in [6.45, 7) is 2.37. The third-order valence-corrected chi connectivity index (χ3v) is 5.81. The zero-order valence-electron chi connectivity index (χ0n) is 18.3. The number of rotatable bonds is 4. The molecule has 0 amide bonds. The van der Waals surface area contributed by atoms with E-state index in [2.05, 4.69) is 10.2 Å². The minimum absolute atomic E-state index is 0.0999. The molecule has 0 fully saturated rings. The highest BCUT2D eigenvalue weighted by atomic mass is 35.5. The molecule has 0 aliphatic carbocycles. The first kappa shape index (κ1) is 23.4. The number of carbonyl (C=O) groups excluding carboxylic acids is 1. The van der Waals surface area contributed by atoms with Gasteiger partial charge < -0.3 is 18.9 Å². The SMILES string of the molecule is CCOC(=O)C[C@H]1O[C@H](c2cccc3c2OCCO3)c2cc(Cl)ccc2-n2c1nnc2C(F)(F)F. The molecule has 3 heterocycles. The molecule has 0 N–H and O–H groups in total. The molecule has 1 aromatic heterocycles. The average molecular weight is 510 g/mol. The minimum Gasteiger partial charge on any atom is -0.486 e. The van der Waals surface area contributed by atoms with Gasteiger partial charge in [-0.1, -0.05) is 23.7 Å². The van der Waals surface area contributed by atoms with Crippen LogP contribution in [0.3, 0.4) is 0 Å². The summed E-state index contributed by atoms with van der Waals surface area (Å²) in [7, 11) is 0. The zero-order valence-corrected chi connectivity index (χ0v) is 19.1. The Hall–Kier alpha value is -3.31. The van der Waals surface area contributed by atoms with E-state index in [1.165, 1.54) is 18.2 Å². The van der Waals surface area contributed by atoms with E-state index in [4.69, 9.17) is 30.5 Å². The molecular weight excluding hydrogens is 491 g/mol. The smallest absolute Gasteiger partial charge is 0.452 e. The van der Waals surface area contributed by atoms with Crippen LogP contribution in [-0.2, 0) is 20.4 Å². The van der Waals surface area contributed by atoms with Crippen molar-refractivity contribution in [3.8, 4) is 17.2 Å². The number of halogens is 4. The first-order valence-corrected chi connectivity index (χ1v) is 11.2. The number of hydrogen-bond acceptors (Lipinski definition) is 7. The van der Waals surface area contributed by atoms with Gasteiger partial charge in [0.2, 0.25) is 5.82 Å². The van der Waals surface area contributed by atoms with Crippen molar-refractivity contribution in [3.63, 3.8) is 0 Å². The molecule has 0 radical (unpaired) electrons. The van der Waals surface area contributed by atoms with Crippen molar-refractivity contribution in [3.05, 3.63) is 64.2 Å². The summed E-state index contributed by atoms with van der Waals surface area (Å²) in [6.07, 6.45) is -7.38. The molecule has 2 aliphatic rings. The average Bonchev–Trinajstić information content (AvgIpc) is 3.23. The van der Waals surface area contributed by atoms with Crippen molar-refractivity contribution >= 4 is 17.6 Å². The molecule has 2 aromatic carbocycles. The van der Waals surface area contributed by atoms with Crippen LogP contribution in [0.25, 0.3) is 5.69 Å². The third-order valence-electron chi connectivity index (χ3n) is 5.58. The summed E-state index contributed by atoms with van der Waals surface area (Å²) in [4.78, 5) is 12.4. The van der Waals surface area contributed by atoms with Gasteiger partial charge in [-0.15, -0.1) is 10.2 Å². The molecule has 0 saturated carbocycles. The summed E-state index contributed by atoms with van der Waals surface area (Å²) < 4.78 is 65.6. The monoisotopic (exact) mass is 509 g/mol. The number of benzene rings is 2. The van der Waals surface area contributed by atoms with Crippen LogP contribution in [-0.4, -0.2) is 40.6 Å². The Morgan fingerprint density at radius 3 is 2.74 bits per heavy atom. The summed E-state index contributed by atoms with van der Waals surface area (Å²) in [6, 6.07) is 9.59. The van der Waals surface area contributed by atoms with E-state index < -0.39 is 30.2 Å². The maximum Gasteiger partial charge on any atom is 0.452 e. The molecule has 3 aromatic rings. The topological polar surface area (TPSA) is 84.7 Å². The molecule has 0 saturated heterocycles. The van der Waals surface area contributed by atoms with Gasteiger partial charge in [0.25, 0.3) is 0 Å². The highest BCUT2D eigenvalue weighted by Gasteiger charge is 2.44. The molecule has 184 valence electrons. The standard InChI is InChI=1S/C23H19ClF3N3O5/c1-2-32-18(31)11-17-21-28-29-22(23(25,26)27)30(21)15-7-6-12(24)10-14(15)19(35-17)13-4-3-5-16-20(13)34-9-8-33-16/h3-7,10,17,19H,2,8-9,11H2,1H3/t17-,19-/m1/s1. The summed E-state index contributed by atoms with van der Waals surface area (Å²) in [5.74, 6) is -1.21. The van der Waals surface area contributed by atoms with Crippen LogP contribution in [0.1, 0.15) is 48.3 Å². The molecule has 5 rings (SSSR count). The van der Waals surface area contributed by atoms with E-state index in [1.807, 2.05) is 0 Å². The van der Waals surface area contributed by atoms with Crippen molar-refractivity contribution in [2.45, 2.75) is 31.7 Å². The predicted molar refractivity (Wildman–Crippen MR) is 116 cm³/mol. The number of hydrogen-bond donors (Lipinski definition) is 0. The fourth-order valence-electron chi connectivity index (χ4n) is 4.22. The molecule has 0 bridgehead atoms. The highest BCUT2D eigenvalue weighted by Crippen LogP contribution is 2.48. The first-order valence-electron chi connectivity index (χ1n) is 10.8. The number of esters is 1. The number of carbonyl (C=O) groups is 1. The third kappa shape index (κ3) is 4.30. The lowest BCUT2D eigenvalue weighted by molar-refractivity contribution is -0.147. The number of alkyl halides is 3. The second kappa shape index (κ2) is 9.04. The van der Waals surface area contributed by atoms with Crippen LogP contribution >= 0.6 is 11.6 Å². The van der Waals surface area contributed by atoms with Gasteiger partial charge in [0.15, 0.2) is 17.3 Å². The first-order chi connectivity index (χ1) is 16.8. The van der Waals surface area contributed by atoms with Gasteiger partial charge in [-0.3, -0.25) is 9.36 Å². The van der Waals surface area contributed by atoms with E-state index >= 15 is 0 Å². The van der Waals surface area contributed by atoms with Crippen molar-refractivity contribution in [2.75, 3.05) is 19.8 Å². The molecule has 2 atom stereocenters. The Bertz CT molecular complexity index is 1280. The molecule has 2 aliphatic heterocycles. The van der Waals surface area contributed by atoms with Gasteiger partial charge in [0, 0.05) is 16.1 Å². The van der Waals surface area contributed by atoms with Gasteiger partial charge in [-0.2, -0.15) is 13.2 Å². The molecule has 0 unspecified atom stereocenters. The van der Waals surface area contributed by atoms with Gasteiger partial charge in [-0.25, -0.2) is 0 Å². The number of ether oxygens (including phenoxy) is 4. The summed E-state index contributed by atoms with van der Waals surface area (Å²) in [5.41, 5.74) is 0.942. The lowest BCUT2D eigenvalue weighted by atomic mass is 9.98. The number of aromatic nitrogens is 3. The van der Waals surface area contributed by atoms with Crippen molar-refractivity contribution in [2.24, 2.45) is 0 Å². The number of para-hydroxylation sites is 1. The maximum absolute atomic E-state index is 14.0. The van der Waals surface area contributed by atoms with E-state index in [0.29, 0.717) is 29.2 Å². The van der Waals surface area contributed by atoms with Crippen LogP contribution in [0.5, 0.6) is 11.5 Å². The lowest BCUT2D eigenvalue weighted by Gasteiger charge is -2.27. The fraction of sp³-hybridized carbons (Fsp3) is 0.348. The molecule has 35 heavy (non-hydrogen) atoms. The van der Waals surface area contributed by atoms with Crippen molar-refractivity contribution in [1.82, 2.24) is 14.8 Å². The number of nitrogens with zero attached hydrogens (tertiary/aromatic N) is 3. The lowest BCUT2D eigenvalue weighted by Crippen LogP contribution is -2.20. The molecule has 12 heteroatoms. The van der Waals surface area contributed by atoms with E-state index in [1.54, 1.807) is 25.1 Å². The van der Waals surface area contributed by atoms with Crippen molar-refractivity contribution < 1.29 is 36.9 Å². The molecular formula is C23H19ClF3N3O5. The molecule has 0 spiro atoms. The Balaban J connectivity index is 1.74. The van der Waals surface area contributed by atoms with E-state index in [0.717, 1.165) is 4.57 Å². The Morgan fingerprint density at radius 2 is 1.97 bits per heavy atom. The van der Waals surface area contributed by atoms with Crippen LogP contribution in [0.4, 0.5) is 13.2 Å². The Kier molecular flexibility index (Phi) is 6.06. The second-order valence-electron chi connectivity index (χ2n) is 7.80. The van der Waals surface area contributed by atoms with E-state index in [-0.39, 0.29) is 36.2 Å². The van der Waals surface area contributed by atoms with Crippen LogP contribution in [0.15, 0.2) is 36.4 Å². The second-order valence-corrected chi connectivity index (χ2v) is 8.24. The van der Waals surface area contributed by atoms with Crippen LogP contribution < -0.4 is 9.47 Å². The summed E-state index contributed by atoms with van der Waals surface area (Å²) >= 11 is 6.27. The van der Waals surface area contributed by atoms with Crippen LogP contribution in [0.2, 0.25) is 5.02 Å². The zero-order chi connectivity index (χ0) is 24.7. The van der Waals surface area contributed by atoms with Gasteiger partial charge in [0.05, 0.1) is 18.7 Å². The molecule has 8 nitrogen and oxygen atoms in total. The highest BCUT2D eigenvalue weighted by molar-refractivity contribution is 6.30. The van der Waals surface area contributed by atoms with Crippen molar-refractivity contribution in [1.29, 1.82) is 0 Å². The van der Waals surface area contributed by atoms with Gasteiger partial charge in [-0.05, 0) is 31.2 Å². The van der Waals surface area contributed by atoms with Gasteiger partial charge >= 0.3 is 12.1 Å². The van der Waals surface area contributed by atoms with Crippen LogP contribution in [0, 0.1) is 0 Å². The Labute approximate surface area is 202 Å². The largest absolute Gasteiger partial charge is 0.486 e. The normalized spacial score (nSPS) is 18.9. The fourth-order valence-corrected chi connectivity index (χ4v) is 4.40. The maximum atomic E-state index is 14.0. The predicted octanol–water partition coefficient (Wildman–Crippen LogP) is 4.82.